The van der Waals surface area contributed by atoms with Crippen molar-refractivity contribution < 1.29 is 9.53 Å². The van der Waals surface area contributed by atoms with Crippen LogP contribution in [0.2, 0.25) is 0 Å². The van der Waals surface area contributed by atoms with Gasteiger partial charge in [-0.05, 0) is 104 Å². The van der Waals surface area contributed by atoms with Crippen molar-refractivity contribution in [3.05, 3.63) is 11.6 Å². The van der Waals surface area contributed by atoms with Crippen LogP contribution in [0.1, 0.15) is 137 Å². The highest BCUT2D eigenvalue weighted by Crippen LogP contribution is 2.67. The molecule has 0 bridgehead atoms. The molecule has 5 aliphatic rings. The normalized spacial score (nSPS) is 41.7. The average Bonchev–Trinajstić information content (AvgIpc) is 3.22. The lowest BCUT2D eigenvalue weighted by Crippen LogP contribution is -2.51. The van der Waals surface area contributed by atoms with Crippen LogP contribution in [0.15, 0.2) is 11.6 Å². The molecule has 5 rings (SSSR count). The summed E-state index contributed by atoms with van der Waals surface area (Å²) in [5.41, 5.74) is 2.56. The third kappa shape index (κ3) is 4.98. The van der Waals surface area contributed by atoms with Crippen LogP contribution >= 0.6 is 0 Å². The van der Waals surface area contributed by atoms with E-state index < -0.39 is 0 Å². The topological polar surface area (TPSA) is 26.3 Å². The van der Waals surface area contributed by atoms with Crippen molar-refractivity contribution >= 4 is 5.97 Å². The zero-order chi connectivity index (χ0) is 25.5. The first-order chi connectivity index (χ1) is 17.2. The summed E-state index contributed by atoms with van der Waals surface area (Å²) in [4.78, 5) is 12.8. The number of carbonyl (C=O) groups is 1. The molecule has 2 heteroatoms. The van der Waals surface area contributed by atoms with Crippen molar-refractivity contribution in [2.24, 2.45) is 52.3 Å². The summed E-state index contributed by atoms with van der Waals surface area (Å²) in [6, 6.07) is 0. The van der Waals surface area contributed by atoms with Gasteiger partial charge in [0.25, 0.3) is 0 Å². The Bertz CT molecular complexity index is 806. The molecule has 0 amide bonds. The number of carbonyl (C=O) groups excluding carboxylic acids is 1. The first kappa shape index (κ1) is 26.8. The van der Waals surface area contributed by atoms with Gasteiger partial charge >= 0.3 is 5.97 Å². The van der Waals surface area contributed by atoms with Crippen LogP contribution in [-0.2, 0) is 9.53 Å². The number of allylic oxidation sites excluding steroid dienone is 1. The summed E-state index contributed by atoms with van der Waals surface area (Å²) in [7, 11) is 0. The summed E-state index contributed by atoms with van der Waals surface area (Å²) in [5.74, 6) is 5.60. The summed E-state index contributed by atoms with van der Waals surface area (Å²) >= 11 is 0. The molecule has 4 fully saturated rings. The van der Waals surface area contributed by atoms with E-state index >= 15 is 0 Å². The maximum Gasteiger partial charge on any atom is 0.309 e. The van der Waals surface area contributed by atoms with Gasteiger partial charge in [-0.2, -0.15) is 0 Å². The summed E-state index contributed by atoms with van der Waals surface area (Å²) in [6.45, 7) is 12.6. The maximum atomic E-state index is 12.8. The molecular weight excluding hydrogens is 440 g/mol. The van der Waals surface area contributed by atoms with Crippen molar-refractivity contribution in [1.82, 2.24) is 0 Å². The molecule has 4 saturated carbocycles. The van der Waals surface area contributed by atoms with E-state index in [4.69, 9.17) is 4.74 Å². The first-order valence-electron chi connectivity index (χ1n) is 16.1. The predicted molar refractivity (Wildman–Crippen MR) is 150 cm³/mol. The van der Waals surface area contributed by atoms with E-state index in [0.717, 1.165) is 61.2 Å². The summed E-state index contributed by atoms with van der Waals surface area (Å²) in [6.07, 6.45) is 23.2. The van der Waals surface area contributed by atoms with Crippen molar-refractivity contribution in [3.63, 3.8) is 0 Å². The van der Waals surface area contributed by atoms with Crippen LogP contribution in [0.3, 0.4) is 0 Å². The Labute approximate surface area is 222 Å². The molecule has 0 N–H and O–H groups in total. The molecule has 8 atom stereocenters. The number of hydrogen-bond acceptors (Lipinski definition) is 2. The van der Waals surface area contributed by atoms with Gasteiger partial charge in [0.2, 0.25) is 0 Å². The number of ether oxygens (including phenoxy) is 1. The minimum absolute atomic E-state index is 0.116. The largest absolute Gasteiger partial charge is 0.462 e. The zero-order valence-corrected chi connectivity index (χ0v) is 24.3. The van der Waals surface area contributed by atoms with Gasteiger partial charge in [-0.25, -0.2) is 0 Å². The fourth-order valence-corrected chi connectivity index (χ4v) is 10.4. The lowest BCUT2D eigenvalue weighted by molar-refractivity contribution is -0.157. The van der Waals surface area contributed by atoms with Gasteiger partial charge in [-0.1, -0.05) is 84.8 Å². The van der Waals surface area contributed by atoms with E-state index in [1.807, 2.05) is 0 Å². The molecule has 0 saturated heterocycles. The monoisotopic (exact) mass is 496 g/mol. The molecule has 36 heavy (non-hydrogen) atoms. The Morgan fingerprint density at radius 2 is 1.72 bits per heavy atom. The smallest absolute Gasteiger partial charge is 0.309 e. The minimum Gasteiger partial charge on any atom is -0.462 e. The summed E-state index contributed by atoms with van der Waals surface area (Å²) in [5, 5.41) is 0. The van der Waals surface area contributed by atoms with Crippen molar-refractivity contribution in [3.8, 4) is 0 Å². The Hall–Kier alpha value is -0.790. The highest BCUT2D eigenvalue weighted by Gasteiger charge is 2.59. The molecule has 0 heterocycles. The maximum absolute atomic E-state index is 12.8. The second-order valence-electron chi connectivity index (χ2n) is 14.9. The number of fused-ring (bicyclic) bond motifs is 5. The Kier molecular flexibility index (Phi) is 8.01. The van der Waals surface area contributed by atoms with E-state index in [1.54, 1.807) is 5.57 Å². The lowest BCUT2D eigenvalue weighted by atomic mass is 9.47. The second-order valence-corrected chi connectivity index (χ2v) is 14.9. The lowest BCUT2D eigenvalue weighted by Gasteiger charge is -2.58. The Morgan fingerprint density at radius 3 is 2.47 bits per heavy atom. The molecule has 0 aromatic carbocycles. The molecule has 0 aliphatic heterocycles. The van der Waals surface area contributed by atoms with E-state index in [2.05, 4.69) is 40.7 Å². The SMILES string of the molecule is CC(C)CCC[C@@H](C)[C@H]1CCC2C3CC=C4CC(OC(=O)C5CCCCC5)CC[C@]4(C)C3CC[C@@]21C. The first-order valence-corrected chi connectivity index (χ1v) is 16.1. The molecular formula is C34H56O2. The van der Waals surface area contributed by atoms with Crippen molar-refractivity contribution in [1.29, 1.82) is 0 Å². The number of hydrogen-bond donors (Lipinski definition) is 0. The molecule has 0 radical (unpaired) electrons. The Balaban J connectivity index is 1.23. The average molecular weight is 497 g/mol. The molecule has 5 aliphatic carbocycles. The minimum atomic E-state index is 0.116. The van der Waals surface area contributed by atoms with Crippen LogP contribution < -0.4 is 0 Å². The number of rotatable bonds is 7. The molecule has 0 aromatic heterocycles. The van der Waals surface area contributed by atoms with Gasteiger partial charge < -0.3 is 4.74 Å². The summed E-state index contributed by atoms with van der Waals surface area (Å²) < 4.78 is 6.15. The third-order valence-corrected chi connectivity index (χ3v) is 12.5. The third-order valence-electron chi connectivity index (χ3n) is 12.5. The fourth-order valence-electron chi connectivity index (χ4n) is 10.4. The van der Waals surface area contributed by atoms with Gasteiger partial charge in [0.1, 0.15) is 6.10 Å². The molecule has 4 unspecified atom stereocenters. The zero-order valence-electron chi connectivity index (χ0n) is 24.3. The van der Waals surface area contributed by atoms with Gasteiger partial charge in [0, 0.05) is 6.42 Å². The highest BCUT2D eigenvalue weighted by atomic mass is 16.5. The van der Waals surface area contributed by atoms with Crippen molar-refractivity contribution in [2.45, 2.75) is 143 Å². The van der Waals surface area contributed by atoms with Crippen LogP contribution in [-0.4, -0.2) is 12.1 Å². The van der Waals surface area contributed by atoms with Crippen LogP contribution in [0, 0.1) is 52.3 Å². The quantitative estimate of drug-likeness (QED) is 0.259. The van der Waals surface area contributed by atoms with Gasteiger partial charge in [-0.3, -0.25) is 4.79 Å². The molecule has 0 aromatic rings. The van der Waals surface area contributed by atoms with Gasteiger partial charge in [0.05, 0.1) is 5.92 Å². The predicted octanol–water partition coefficient (Wildman–Crippen LogP) is 9.52. The molecule has 0 spiro atoms. The second kappa shape index (κ2) is 10.8. The van der Waals surface area contributed by atoms with Crippen LogP contribution in [0.25, 0.3) is 0 Å². The van der Waals surface area contributed by atoms with E-state index in [9.17, 15) is 4.79 Å². The fraction of sp³-hybridized carbons (Fsp3) is 0.912. The van der Waals surface area contributed by atoms with Gasteiger partial charge in [-0.15, -0.1) is 0 Å². The molecule has 2 nitrogen and oxygen atoms in total. The van der Waals surface area contributed by atoms with Crippen LogP contribution in [0.5, 0.6) is 0 Å². The molecule has 204 valence electrons. The van der Waals surface area contributed by atoms with E-state index in [0.29, 0.717) is 10.8 Å². The number of esters is 1. The Morgan fingerprint density at radius 1 is 0.944 bits per heavy atom. The van der Waals surface area contributed by atoms with Crippen LogP contribution in [0.4, 0.5) is 0 Å². The standard InChI is InChI=1S/C34H56O2/c1-23(2)10-9-11-24(3)29-16-17-30-28-15-14-26-22-27(36-32(35)25-12-7-6-8-13-25)18-20-33(26,4)31(28)19-21-34(29,30)5/h14,23-25,27-31H,6-13,15-22H2,1-5H3/t24-,27?,28?,29-,30?,31?,33+,34-/m1/s1. The highest BCUT2D eigenvalue weighted by molar-refractivity contribution is 5.72. The van der Waals surface area contributed by atoms with Gasteiger partial charge in [0.15, 0.2) is 0 Å². The van der Waals surface area contributed by atoms with Crippen molar-refractivity contribution in [2.75, 3.05) is 0 Å². The van der Waals surface area contributed by atoms with E-state index in [-0.39, 0.29) is 18.0 Å². The van der Waals surface area contributed by atoms with E-state index in [1.165, 1.54) is 77.0 Å².